The number of hydrogen-bond donors (Lipinski definition) is 1. The summed E-state index contributed by atoms with van der Waals surface area (Å²) in [5.74, 6) is -0.678. The monoisotopic (exact) mass is 457 g/mol. The van der Waals surface area contributed by atoms with Gasteiger partial charge in [-0.1, -0.05) is 48.5 Å². The van der Waals surface area contributed by atoms with E-state index in [4.69, 9.17) is 9.47 Å². The molecule has 5 rings (SSSR count). The van der Waals surface area contributed by atoms with Crippen LogP contribution in [0, 0.1) is 0 Å². The van der Waals surface area contributed by atoms with Crippen molar-refractivity contribution in [3.05, 3.63) is 77.9 Å². The largest absolute Gasteiger partial charge is 0.483 e. The van der Waals surface area contributed by atoms with E-state index >= 15 is 0 Å². The minimum atomic E-state index is -0.503. The van der Waals surface area contributed by atoms with Gasteiger partial charge in [0.2, 0.25) is 0 Å². The van der Waals surface area contributed by atoms with Gasteiger partial charge in [-0.3, -0.25) is 19.8 Å². The second-order valence-electron chi connectivity index (χ2n) is 7.96. The minimum Gasteiger partial charge on any atom is -0.483 e. The summed E-state index contributed by atoms with van der Waals surface area (Å²) in [5, 5.41) is 2.96. The van der Waals surface area contributed by atoms with E-state index in [0.29, 0.717) is 43.3 Å². The molecule has 1 N–H and O–H groups in total. The van der Waals surface area contributed by atoms with Crippen LogP contribution in [-0.2, 0) is 19.1 Å². The zero-order chi connectivity index (χ0) is 23.5. The number of hydrogen-bond acceptors (Lipinski definition) is 5. The highest BCUT2D eigenvalue weighted by Gasteiger charge is 2.34. The summed E-state index contributed by atoms with van der Waals surface area (Å²) in [4.78, 5) is 40.1. The van der Waals surface area contributed by atoms with E-state index in [1.54, 1.807) is 35.2 Å². The Morgan fingerprint density at radius 2 is 1.71 bits per heavy atom. The molecule has 2 heterocycles. The summed E-state index contributed by atoms with van der Waals surface area (Å²) in [6, 6.07) is 20.2. The van der Waals surface area contributed by atoms with Gasteiger partial charge in [0.15, 0.2) is 6.61 Å². The highest BCUT2D eigenvalue weighted by molar-refractivity contribution is 6.32. The first kappa shape index (κ1) is 21.7. The van der Waals surface area contributed by atoms with Crippen LogP contribution < -0.4 is 15.2 Å². The summed E-state index contributed by atoms with van der Waals surface area (Å²) in [5.41, 5.74) is 3.74. The van der Waals surface area contributed by atoms with E-state index in [2.05, 4.69) is 5.43 Å². The molecule has 0 atom stereocenters. The Balaban J connectivity index is 1.48. The lowest BCUT2D eigenvalue weighted by molar-refractivity contribution is -0.137. The molecule has 0 radical (unpaired) electrons. The van der Waals surface area contributed by atoms with Crippen molar-refractivity contribution in [3.63, 3.8) is 0 Å². The fourth-order valence-corrected chi connectivity index (χ4v) is 4.05. The number of hydrazine groups is 1. The molecular formula is C26H23N3O5. The Hall–Kier alpha value is -4.17. The Morgan fingerprint density at radius 1 is 0.971 bits per heavy atom. The number of benzene rings is 3. The Labute approximate surface area is 196 Å². The maximum absolute atomic E-state index is 13.1. The number of fused-ring (bicyclic) bond motifs is 1. The summed E-state index contributed by atoms with van der Waals surface area (Å²) in [6.45, 7) is 1.93. The maximum atomic E-state index is 13.1. The molecule has 3 amide bonds. The number of para-hydroxylation sites is 1. The summed E-state index contributed by atoms with van der Waals surface area (Å²) in [7, 11) is 0. The van der Waals surface area contributed by atoms with Crippen molar-refractivity contribution < 1.29 is 23.9 Å². The van der Waals surface area contributed by atoms with Gasteiger partial charge in [0.25, 0.3) is 17.7 Å². The van der Waals surface area contributed by atoms with Gasteiger partial charge in [-0.25, -0.2) is 5.01 Å². The Morgan fingerprint density at radius 3 is 2.50 bits per heavy atom. The third kappa shape index (κ3) is 4.23. The molecule has 0 bridgehead atoms. The molecule has 3 aromatic carbocycles. The first-order valence-electron chi connectivity index (χ1n) is 11.0. The van der Waals surface area contributed by atoms with Gasteiger partial charge in [0.05, 0.1) is 18.9 Å². The number of nitrogens with zero attached hydrogens (tertiary/aromatic N) is 2. The fraction of sp³-hybridized carbons (Fsp3) is 0.192. The van der Waals surface area contributed by atoms with E-state index < -0.39 is 11.8 Å². The molecule has 2 aliphatic rings. The highest BCUT2D eigenvalue weighted by atomic mass is 16.5. The highest BCUT2D eigenvalue weighted by Crippen LogP contribution is 2.32. The molecule has 172 valence electrons. The zero-order valence-corrected chi connectivity index (χ0v) is 18.4. The molecule has 0 unspecified atom stereocenters. The number of amides is 3. The van der Waals surface area contributed by atoms with Crippen LogP contribution in [0.3, 0.4) is 0 Å². The van der Waals surface area contributed by atoms with Crippen LogP contribution in [0.2, 0.25) is 0 Å². The third-order valence-corrected chi connectivity index (χ3v) is 5.84. The van der Waals surface area contributed by atoms with Gasteiger partial charge in [0.1, 0.15) is 11.3 Å². The summed E-state index contributed by atoms with van der Waals surface area (Å²) in [6.07, 6.45) is 1.54. The SMILES string of the molecule is O=C1NN(c2ccccc2)C(=O)/C1=C\c1c(OCC(=O)N2CCOCC2)ccc2ccccc12. The van der Waals surface area contributed by atoms with E-state index in [-0.39, 0.29) is 18.1 Å². The molecule has 0 aliphatic carbocycles. The average Bonchev–Trinajstić information content (AvgIpc) is 3.17. The van der Waals surface area contributed by atoms with Crippen molar-refractivity contribution in [2.45, 2.75) is 0 Å². The fourth-order valence-electron chi connectivity index (χ4n) is 4.05. The predicted molar refractivity (Wildman–Crippen MR) is 127 cm³/mol. The molecule has 34 heavy (non-hydrogen) atoms. The first-order chi connectivity index (χ1) is 16.6. The van der Waals surface area contributed by atoms with Crippen molar-refractivity contribution in [2.24, 2.45) is 0 Å². The number of carbonyl (C=O) groups is 3. The van der Waals surface area contributed by atoms with Crippen molar-refractivity contribution >= 4 is 40.3 Å². The lowest BCUT2D eigenvalue weighted by atomic mass is 10.0. The number of carbonyl (C=O) groups excluding carboxylic acids is 3. The number of ether oxygens (including phenoxy) is 2. The van der Waals surface area contributed by atoms with Crippen LogP contribution in [-0.4, -0.2) is 55.5 Å². The molecular weight excluding hydrogens is 434 g/mol. The van der Waals surface area contributed by atoms with Gasteiger partial charge in [0, 0.05) is 18.7 Å². The van der Waals surface area contributed by atoms with Crippen LogP contribution in [0.25, 0.3) is 16.8 Å². The molecule has 0 saturated carbocycles. The standard InChI is InChI=1S/C26H23N3O5/c30-24(28-12-14-33-15-13-28)17-34-23-11-10-18-6-4-5-9-20(18)21(23)16-22-25(31)27-29(26(22)32)19-7-2-1-3-8-19/h1-11,16H,12-15,17H2,(H,27,31)/b22-16-. The predicted octanol–water partition coefficient (Wildman–Crippen LogP) is 2.54. The molecule has 8 nitrogen and oxygen atoms in total. The van der Waals surface area contributed by atoms with E-state index in [0.717, 1.165) is 10.8 Å². The number of rotatable bonds is 5. The molecule has 3 aromatic rings. The van der Waals surface area contributed by atoms with Gasteiger partial charge in [-0.2, -0.15) is 0 Å². The molecule has 0 aromatic heterocycles. The quantitative estimate of drug-likeness (QED) is 0.470. The molecule has 0 spiro atoms. The summed E-state index contributed by atoms with van der Waals surface area (Å²) >= 11 is 0. The molecule has 2 saturated heterocycles. The van der Waals surface area contributed by atoms with Crippen LogP contribution in [0.1, 0.15) is 5.56 Å². The second kappa shape index (κ2) is 9.36. The minimum absolute atomic E-state index is 0.00966. The zero-order valence-electron chi connectivity index (χ0n) is 18.4. The number of anilines is 1. The average molecular weight is 457 g/mol. The van der Waals surface area contributed by atoms with Gasteiger partial charge in [-0.15, -0.1) is 0 Å². The van der Waals surface area contributed by atoms with Crippen molar-refractivity contribution in [1.82, 2.24) is 10.3 Å². The maximum Gasteiger partial charge on any atom is 0.282 e. The molecule has 8 heteroatoms. The van der Waals surface area contributed by atoms with Crippen molar-refractivity contribution in [3.8, 4) is 5.75 Å². The van der Waals surface area contributed by atoms with Crippen LogP contribution in [0.15, 0.2) is 72.3 Å². The van der Waals surface area contributed by atoms with Crippen LogP contribution >= 0.6 is 0 Å². The van der Waals surface area contributed by atoms with Gasteiger partial charge >= 0.3 is 0 Å². The molecule has 2 fully saturated rings. The first-order valence-corrected chi connectivity index (χ1v) is 11.0. The Bertz CT molecular complexity index is 1280. The van der Waals surface area contributed by atoms with E-state index in [1.165, 1.54) is 11.1 Å². The van der Waals surface area contributed by atoms with Crippen molar-refractivity contribution in [2.75, 3.05) is 37.9 Å². The normalized spacial score (nSPS) is 17.4. The van der Waals surface area contributed by atoms with Crippen LogP contribution in [0.5, 0.6) is 5.75 Å². The summed E-state index contributed by atoms with van der Waals surface area (Å²) < 4.78 is 11.2. The smallest absolute Gasteiger partial charge is 0.282 e. The lowest BCUT2D eigenvalue weighted by Gasteiger charge is -2.26. The topological polar surface area (TPSA) is 88.2 Å². The third-order valence-electron chi connectivity index (χ3n) is 5.84. The number of morpholine rings is 1. The molecule has 2 aliphatic heterocycles. The Kier molecular flexibility index (Phi) is 5.97. The second-order valence-corrected chi connectivity index (χ2v) is 7.96. The lowest BCUT2D eigenvalue weighted by Crippen LogP contribution is -2.43. The van der Waals surface area contributed by atoms with E-state index in [9.17, 15) is 14.4 Å². The van der Waals surface area contributed by atoms with Gasteiger partial charge in [-0.05, 0) is 35.0 Å². The van der Waals surface area contributed by atoms with E-state index in [1.807, 2.05) is 36.4 Å². The number of nitrogens with one attached hydrogen (secondary N) is 1. The van der Waals surface area contributed by atoms with Crippen LogP contribution in [0.4, 0.5) is 5.69 Å². The van der Waals surface area contributed by atoms with Gasteiger partial charge < -0.3 is 14.4 Å². The van der Waals surface area contributed by atoms with Crippen molar-refractivity contribution in [1.29, 1.82) is 0 Å².